The molecule has 1 heterocycles. The van der Waals surface area contributed by atoms with Crippen molar-refractivity contribution in [3.8, 4) is 0 Å². The van der Waals surface area contributed by atoms with Crippen LogP contribution in [0.5, 0.6) is 0 Å². The lowest BCUT2D eigenvalue weighted by atomic mass is 9.96. The number of amides is 1. The number of nitrogens with zero attached hydrogens (tertiary/aromatic N) is 1. The number of hydrogen-bond acceptors (Lipinski definition) is 3. The summed E-state index contributed by atoms with van der Waals surface area (Å²) in [6, 6.07) is 0.565. The molecule has 4 nitrogen and oxygen atoms in total. The first kappa shape index (κ1) is 16.4. The molecule has 0 aromatic heterocycles. The fraction of sp³-hybridized carbons (Fsp3) is 0.933. The zero-order valence-corrected chi connectivity index (χ0v) is 13.3. The number of nitrogens with one attached hydrogen (secondary N) is 2. The Hall–Kier alpha value is -0.610. The number of carbonyl (C=O) groups excluding carboxylic acids is 1. The van der Waals surface area contributed by atoms with Gasteiger partial charge in [0.15, 0.2) is 0 Å². The van der Waals surface area contributed by atoms with E-state index in [2.05, 4.69) is 29.4 Å². The molecule has 0 radical (unpaired) electrons. The highest BCUT2D eigenvalue weighted by Crippen LogP contribution is 2.16. The number of hydrogen-bond donors (Lipinski definition) is 2. The maximum atomic E-state index is 11.9. The minimum Gasteiger partial charge on any atom is -0.350 e. The molecule has 1 aliphatic heterocycles. The third-order valence-corrected chi connectivity index (χ3v) is 3.40. The standard InChI is InChI=1S/C15H31N3O/c1-12(2)16-10-13-6-8-18(9-7-13)11-14(19)17-15(3,4)5/h12-13,16H,6-11H2,1-5H3,(H,17,19). The molecule has 0 aliphatic carbocycles. The first-order chi connectivity index (χ1) is 8.76. The van der Waals surface area contributed by atoms with Crippen LogP contribution in [-0.2, 0) is 4.79 Å². The van der Waals surface area contributed by atoms with E-state index in [0.717, 1.165) is 25.6 Å². The Bertz CT molecular complexity index is 276. The SMILES string of the molecule is CC(C)NCC1CCN(CC(=O)NC(C)(C)C)CC1. The lowest BCUT2D eigenvalue weighted by molar-refractivity contribution is -0.124. The Balaban J connectivity index is 2.21. The number of carbonyl (C=O) groups is 1. The minimum absolute atomic E-state index is 0.128. The van der Waals surface area contributed by atoms with Crippen LogP contribution in [0, 0.1) is 5.92 Å². The van der Waals surface area contributed by atoms with E-state index in [4.69, 9.17) is 0 Å². The molecule has 2 N–H and O–H groups in total. The molecule has 0 unspecified atom stereocenters. The maximum absolute atomic E-state index is 11.9. The van der Waals surface area contributed by atoms with Crippen molar-refractivity contribution in [2.75, 3.05) is 26.2 Å². The van der Waals surface area contributed by atoms with Gasteiger partial charge >= 0.3 is 0 Å². The summed E-state index contributed by atoms with van der Waals surface area (Å²) in [5.41, 5.74) is -0.128. The number of piperidine rings is 1. The van der Waals surface area contributed by atoms with E-state index in [9.17, 15) is 4.79 Å². The average Bonchev–Trinajstić information content (AvgIpc) is 2.25. The van der Waals surface area contributed by atoms with Gasteiger partial charge in [0.2, 0.25) is 5.91 Å². The van der Waals surface area contributed by atoms with E-state index in [1.165, 1.54) is 12.8 Å². The molecule has 112 valence electrons. The maximum Gasteiger partial charge on any atom is 0.234 e. The van der Waals surface area contributed by atoms with Gasteiger partial charge in [0.1, 0.15) is 0 Å². The molecule has 1 rings (SSSR count). The van der Waals surface area contributed by atoms with Crippen LogP contribution >= 0.6 is 0 Å². The molecule has 19 heavy (non-hydrogen) atoms. The highest BCUT2D eigenvalue weighted by atomic mass is 16.2. The summed E-state index contributed by atoms with van der Waals surface area (Å²) < 4.78 is 0. The van der Waals surface area contributed by atoms with Crippen molar-refractivity contribution in [1.29, 1.82) is 0 Å². The van der Waals surface area contributed by atoms with Crippen molar-refractivity contribution in [1.82, 2.24) is 15.5 Å². The van der Waals surface area contributed by atoms with Crippen LogP contribution in [0.25, 0.3) is 0 Å². The highest BCUT2D eigenvalue weighted by molar-refractivity contribution is 5.78. The third kappa shape index (κ3) is 7.53. The molecule has 1 aliphatic rings. The van der Waals surface area contributed by atoms with Gasteiger partial charge in [-0.2, -0.15) is 0 Å². The lowest BCUT2D eigenvalue weighted by Crippen LogP contribution is -2.48. The van der Waals surface area contributed by atoms with Crippen molar-refractivity contribution in [2.24, 2.45) is 5.92 Å². The molecule has 0 spiro atoms. The summed E-state index contributed by atoms with van der Waals surface area (Å²) in [6.45, 7) is 14.2. The molecular weight excluding hydrogens is 238 g/mol. The lowest BCUT2D eigenvalue weighted by Gasteiger charge is -2.32. The second kappa shape index (κ2) is 7.25. The van der Waals surface area contributed by atoms with E-state index in [1.807, 2.05) is 20.8 Å². The van der Waals surface area contributed by atoms with Gasteiger partial charge < -0.3 is 10.6 Å². The normalized spacial score (nSPS) is 18.8. The van der Waals surface area contributed by atoms with Gasteiger partial charge in [-0.1, -0.05) is 13.8 Å². The molecule has 0 aromatic carbocycles. The van der Waals surface area contributed by atoms with Gasteiger partial charge in [-0.3, -0.25) is 9.69 Å². The summed E-state index contributed by atoms with van der Waals surface area (Å²) in [5.74, 6) is 0.913. The second-order valence-corrected chi connectivity index (χ2v) is 7.08. The first-order valence-corrected chi connectivity index (χ1v) is 7.53. The fourth-order valence-electron chi connectivity index (χ4n) is 2.41. The molecule has 0 atom stereocenters. The summed E-state index contributed by atoms with van der Waals surface area (Å²) in [4.78, 5) is 14.1. The van der Waals surface area contributed by atoms with Crippen LogP contribution in [0.1, 0.15) is 47.5 Å². The smallest absolute Gasteiger partial charge is 0.234 e. The van der Waals surface area contributed by atoms with Crippen LogP contribution in [0.15, 0.2) is 0 Å². The van der Waals surface area contributed by atoms with Gasteiger partial charge in [-0.05, 0) is 59.2 Å². The number of rotatable bonds is 5. The zero-order chi connectivity index (χ0) is 14.5. The van der Waals surface area contributed by atoms with E-state index in [0.29, 0.717) is 12.6 Å². The van der Waals surface area contributed by atoms with E-state index in [-0.39, 0.29) is 11.4 Å². The Morgan fingerprint density at radius 2 is 1.84 bits per heavy atom. The zero-order valence-electron chi connectivity index (χ0n) is 13.3. The van der Waals surface area contributed by atoms with Crippen molar-refractivity contribution in [2.45, 2.75) is 59.0 Å². The van der Waals surface area contributed by atoms with Gasteiger partial charge in [0, 0.05) is 11.6 Å². The molecule has 1 fully saturated rings. The third-order valence-electron chi connectivity index (χ3n) is 3.40. The van der Waals surface area contributed by atoms with Crippen molar-refractivity contribution in [3.05, 3.63) is 0 Å². The minimum atomic E-state index is -0.128. The predicted octanol–water partition coefficient (Wildman–Crippen LogP) is 1.61. The predicted molar refractivity (Wildman–Crippen MR) is 80.2 cm³/mol. The molecule has 1 amide bonds. The van der Waals surface area contributed by atoms with Crippen LogP contribution in [0.2, 0.25) is 0 Å². The number of likely N-dealkylation sites (tertiary alicyclic amines) is 1. The average molecular weight is 269 g/mol. The Labute approximate surface area is 118 Å². The molecular formula is C15H31N3O. The van der Waals surface area contributed by atoms with E-state index >= 15 is 0 Å². The Morgan fingerprint density at radius 3 is 2.32 bits per heavy atom. The highest BCUT2D eigenvalue weighted by Gasteiger charge is 2.22. The first-order valence-electron chi connectivity index (χ1n) is 7.53. The van der Waals surface area contributed by atoms with Crippen molar-refractivity contribution >= 4 is 5.91 Å². The quantitative estimate of drug-likeness (QED) is 0.797. The van der Waals surface area contributed by atoms with Gasteiger partial charge in [-0.25, -0.2) is 0 Å². The van der Waals surface area contributed by atoms with E-state index < -0.39 is 0 Å². The summed E-state index contributed by atoms with van der Waals surface area (Å²) in [6.07, 6.45) is 2.39. The van der Waals surface area contributed by atoms with Crippen LogP contribution in [0.3, 0.4) is 0 Å². The van der Waals surface area contributed by atoms with Gasteiger partial charge in [-0.15, -0.1) is 0 Å². The van der Waals surface area contributed by atoms with Crippen molar-refractivity contribution < 1.29 is 4.79 Å². The molecule has 4 heteroatoms. The van der Waals surface area contributed by atoms with Crippen LogP contribution < -0.4 is 10.6 Å². The fourth-order valence-corrected chi connectivity index (χ4v) is 2.41. The van der Waals surface area contributed by atoms with Crippen LogP contribution in [0.4, 0.5) is 0 Å². The largest absolute Gasteiger partial charge is 0.350 e. The summed E-state index contributed by atoms with van der Waals surface area (Å²) >= 11 is 0. The molecule has 1 saturated heterocycles. The monoisotopic (exact) mass is 269 g/mol. The molecule has 0 bridgehead atoms. The summed E-state index contributed by atoms with van der Waals surface area (Å²) in [7, 11) is 0. The Kier molecular flexibility index (Phi) is 6.27. The molecule has 0 aromatic rings. The van der Waals surface area contributed by atoms with E-state index in [1.54, 1.807) is 0 Å². The second-order valence-electron chi connectivity index (χ2n) is 7.08. The molecule has 0 saturated carbocycles. The van der Waals surface area contributed by atoms with Gasteiger partial charge in [0.05, 0.1) is 6.54 Å². The summed E-state index contributed by atoms with van der Waals surface area (Å²) in [5, 5.41) is 6.53. The van der Waals surface area contributed by atoms with Crippen molar-refractivity contribution in [3.63, 3.8) is 0 Å². The topological polar surface area (TPSA) is 44.4 Å². The van der Waals surface area contributed by atoms with Crippen LogP contribution in [-0.4, -0.2) is 48.6 Å². The Morgan fingerprint density at radius 1 is 1.26 bits per heavy atom. The van der Waals surface area contributed by atoms with Gasteiger partial charge in [0.25, 0.3) is 0 Å².